The molecule has 0 atom stereocenters. The lowest BCUT2D eigenvalue weighted by Crippen LogP contribution is -2.34. The van der Waals surface area contributed by atoms with Gasteiger partial charge in [-0.1, -0.05) is 12.1 Å². The summed E-state index contributed by atoms with van der Waals surface area (Å²) in [6, 6.07) is 4.32. The maximum absolute atomic E-state index is 6.16. The molecule has 0 radical (unpaired) electrons. The molecule has 0 spiro atoms. The smallest absolute Gasteiger partial charge is 0.125 e. The molecule has 0 amide bonds. The summed E-state index contributed by atoms with van der Waals surface area (Å²) in [6.07, 6.45) is 2.63. The van der Waals surface area contributed by atoms with Gasteiger partial charge in [0.05, 0.1) is 0 Å². The second kappa shape index (κ2) is 4.88. The highest BCUT2D eigenvalue weighted by atomic mass is 16.5. The summed E-state index contributed by atoms with van der Waals surface area (Å²) in [7, 11) is 0. The van der Waals surface area contributed by atoms with Gasteiger partial charge in [-0.3, -0.25) is 0 Å². The van der Waals surface area contributed by atoms with Crippen molar-refractivity contribution in [1.82, 2.24) is 5.32 Å². The Balaban J connectivity index is 2.16. The van der Waals surface area contributed by atoms with Crippen LogP contribution in [0.15, 0.2) is 12.1 Å². The third-order valence-electron chi connectivity index (χ3n) is 3.44. The number of hydrogen-bond acceptors (Lipinski definition) is 2. The van der Waals surface area contributed by atoms with Crippen molar-refractivity contribution in [3.63, 3.8) is 0 Å². The fourth-order valence-electron chi connectivity index (χ4n) is 2.19. The van der Waals surface area contributed by atoms with Gasteiger partial charge in [0.1, 0.15) is 11.9 Å². The molecular formula is C14H21NO. The predicted octanol–water partition coefficient (Wildman–Crippen LogP) is 2.74. The van der Waals surface area contributed by atoms with Crippen molar-refractivity contribution in [3.05, 3.63) is 28.8 Å². The number of rotatable bonds is 2. The maximum atomic E-state index is 6.16. The van der Waals surface area contributed by atoms with Crippen LogP contribution in [0.1, 0.15) is 29.5 Å². The summed E-state index contributed by atoms with van der Waals surface area (Å²) in [5.41, 5.74) is 3.86. The van der Waals surface area contributed by atoms with Crippen LogP contribution in [-0.4, -0.2) is 19.2 Å². The topological polar surface area (TPSA) is 21.3 Å². The molecule has 1 aliphatic rings. The standard InChI is InChI=1S/C14H21NO/c1-10-4-5-11(2)14(12(10)3)16-13-6-8-15-9-7-13/h4-5,13,15H,6-9H2,1-3H3. The molecule has 88 valence electrons. The minimum absolute atomic E-state index is 0.389. The molecule has 1 N–H and O–H groups in total. The summed E-state index contributed by atoms with van der Waals surface area (Å²) in [5, 5.41) is 3.36. The van der Waals surface area contributed by atoms with Crippen LogP contribution in [0.3, 0.4) is 0 Å². The van der Waals surface area contributed by atoms with Crippen molar-refractivity contribution < 1.29 is 4.74 Å². The lowest BCUT2D eigenvalue weighted by atomic mass is 10.0. The van der Waals surface area contributed by atoms with Gasteiger partial charge in [-0.05, 0) is 63.4 Å². The van der Waals surface area contributed by atoms with E-state index in [4.69, 9.17) is 4.74 Å². The van der Waals surface area contributed by atoms with Crippen LogP contribution in [0.5, 0.6) is 5.75 Å². The van der Waals surface area contributed by atoms with E-state index in [1.807, 2.05) is 0 Å². The molecule has 16 heavy (non-hydrogen) atoms. The number of aryl methyl sites for hydroxylation is 2. The summed E-state index contributed by atoms with van der Waals surface area (Å²) in [6.45, 7) is 8.58. The molecule has 1 fully saturated rings. The zero-order valence-electron chi connectivity index (χ0n) is 10.5. The highest BCUT2D eigenvalue weighted by Gasteiger charge is 2.16. The Morgan fingerprint density at radius 1 is 1.06 bits per heavy atom. The molecular weight excluding hydrogens is 198 g/mol. The van der Waals surface area contributed by atoms with Gasteiger partial charge in [-0.25, -0.2) is 0 Å². The van der Waals surface area contributed by atoms with Crippen LogP contribution >= 0.6 is 0 Å². The first-order valence-electron chi connectivity index (χ1n) is 6.12. The van der Waals surface area contributed by atoms with E-state index in [0.29, 0.717) is 6.10 Å². The van der Waals surface area contributed by atoms with Gasteiger partial charge >= 0.3 is 0 Å². The van der Waals surface area contributed by atoms with E-state index in [1.165, 1.54) is 16.7 Å². The van der Waals surface area contributed by atoms with E-state index >= 15 is 0 Å². The Bertz CT molecular complexity index is 367. The molecule has 2 heteroatoms. The Hall–Kier alpha value is -1.02. The average molecular weight is 219 g/mol. The van der Waals surface area contributed by atoms with Crippen LogP contribution in [0.2, 0.25) is 0 Å². The van der Waals surface area contributed by atoms with Crippen LogP contribution in [0.4, 0.5) is 0 Å². The van der Waals surface area contributed by atoms with Crippen molar-refractivity contribution in [2.75, 3.05) is 13.1 Å². The van der Waals surface area contributed by atoms with Crippen LogP contribution < -0.4 is 10.1 Å². The van der Waals surface area contributed by atoms with Gasteiger partial charge in [-0.15, -0.1) is 0 Å². The van der Waals surface area contributed by atoms with E-state index in [9.17, 15) is 0 Å². The van der Waals surface area contributed by atoms with Crippen LogP contribution in [0.25, 0.3) is 0 Å². The van der Waals surface area contributed by atoms with E-state index < -0.39 is 0 Å². The van der Waals surface area contributed by atoms with Crippen molar-refractivity contribution >= 4 is 0 Å². The molecule has 2 nitrogen and oxygen atoms in total. The molecule has 0 aliphatic carbocycles. The largest absolute Gasteiger partial charge is 0.490 e. The van der Waals surface area contributed by atoms with E-state index in [1.54, 1.807) is 0 Å². The highest BCUT2D eigenvalue weighted by Crippen LogP contribution is 2.28. The summed E-state index contributed by atoms with van der Waals surface area (Å²) >= 11 is 0. The van der Waals surface area contributed by atoms with Crippen molar-refractivity contribution in [1.29, 1.82) is 0 Å². The Labute approximate surface area is 98.0 Å². The van der Waals surface area contributed by atoms with Crippen molar-refractivity contribution in [2.45, 2.75) is 39.7 Å². The zero-order valence-corrected chi connectivity index (χ0v) is 10.5. The monoisotopic (exact) mass is 219 g/mol. The number of ether oxygens (including phenoxy) is 1. The molecule has 0 bridgehead atoms. The molecule has 0 unspecified atom stereocenters. The third-order valence-corrected chi connectivity index (χ3v) is 3.44. The first-order chi connectivity index (χ1) is 7.68. The Kier molecular flexibility index (Phi) is 3.49. The maximum Gasteiger partial charge on any atom is 0.125 e. The van der Waals surface area contributed by atoms with E-state index in [2.05, 4.69) is 38.2 Å². The lowest BCUT2D eigenvalue weighted by Gasteiger charge is -2.26. The van der Waals surface area contributed by atoms with Crippen LogP contribution in [-0.2, 0) is 0 Å². The van der Waals surface area contributed by atoms with Gasteiger partial charge in [-0.2, -0.15) is 0 Å². The molecule has 0 saturated carbocycles. The molecule has 1 heterocycles. The average Bonchev–Trinajstić information content (AvgIpc) is 2.31. The zero-order chi connectivity index (χ0) is 11.5. The Morgan fingerprint density at radius 3 is 2.38 bits per heavy atom. The minimum Gasteiger partial charge on any atom is -0.490 e. The minimum atomic E-state index is 0.389. The van der Waals surface area contributed by atoms with E-state index in [0.717, 1.165) is 31.7 Å². The molecule has 1 aliphatic heterocycles. The second-order valence-electron chi connectivity index (χ2n) is 4.72. The normalized spacial score (nSPS) is 17.4. The number of benzene rings is 1. The number of hydrogen-bond donors (Lipinski definition) is 1. The van der Waals surface area contributed by atoms with Crippen LogP contribution in [0, 0.1) is 20.8 Å². The van der Waals surface area contributed by atoms with Gasteiger partial charge in [0, 0.05) is 0 Å². The Morgan fingerprint density at radius 2 is 1.69 bits per heavy atom. The first-order valence-corrected chi connectivity index (χ1v) is 6.12. The predicted molar refractivity (Wildman–Crippen MR) is 67.2 cm³/mol. The van der Waals surface area contributed by atoms with Gasteiger partial charge < -0.3 is 10.1 Å². The number of nitrogens with one attached hydrogen (secondary N) is 1. The third kappa shape index (κ3) is 2.38. The quantitative estimate of drug-likeness (QED) is 0.826. The molecule has 1 saturated heterocycles. The molecule has 1 aromatic carbocycles. The lowest BCUT2D eigenvalue weighted by molar-refractivity contribution is 0.160. The van der Waals surface area contributed by atoms with E-state index in [-0.39, 0.29) is 0 Å². The van der Waals surface area contributed by atoms with Crippen molar-refractivity contribution in [2.24, 2.45) is 0 Å². The molecule has 1 aromatic rings. The first kappa shape index (κ1) is 11.5. The SMILES string of the molecule is Cc1ccc(C)c(OC2CCNCC2)c1C. The number of piperidine rings is 1. The fraction of sp³-hybridized carbons (Fsp3) is 0.571. The fourth-order valence-corrected chi connectivity index (χ4v) is 2.19. The van der Waals surface area contributed by atoms with Gasteiger partial charge in [0.15, 0.2) is 0 Å². The second-order valence-corrected chi connectivity index (χ2v) is 4.72. The van der Waals surface area contributed by atoms with Gasteiger partial charge in [0.25, 0.3) is 0 Å². The van der Waals surface area contributed by atoms with Crippen molar-refractivity contribution in [3.8, 4) is 5.75 Å². The molecule has 2 rings (SSSR count). The van der Waals surface area contributed by atoms with Gasteiger partial charge in [0.2, 0.25) is 0 Å². The summed E-state index contributed by atoms with van der Waals surface area (Å²) in [4.78, 5) is 0. The summed E-state index contributed by atoms with van der Waals surface area (Å²) < 4.78 is 6.16. The highest BCUT2D eigenvalue weighted by molar-refractivity contribution is 5.44. The summed E-state index contributed by atoms with van der Waals surface area (Å²) in [5.74, 6) is 1.10. The molecule has 0 aromatic heterocycles.